The lowest BCUT2D eigenvalue weighted by Gasteiger charge is -2.39. The molecule has 3 nitrogen and oxygen atoms in total. The van der Waals surface area contributed by atoms with E-state index in [1.165, 1.54) is 0 Å². The number of nitrogens with one attached hydrogen (secondary N) is 1. The average Bonchev–Trinajstić information content (AvgIpc) is 2.37. The molecule has 1 fully saturated rings. The number of hydrogen-bond donors (Lipinski definition) is 2. The number of anilines is 2. The van der Waals surface area contributed by atoms with Crippen LogP contribution in [0.3, 0.4) is 0 Å². The van der Waals surface area contributed by atoms with Crippen molar-refractivity contribution < 1.29 is 4.79 Å². The first-order valence-electron chi connectivity index (χ1n) is 6.59. The van der Waals surface area contributed by atoms with Gasteiger partial charge in [0.05, 0.1) is 10.7 Å². The highest BCUT2D eigenvalue weighted by Gasteiger charge is 2.35. The summed E-state index contributed by atoms with van der Waals surface area (Å²) in [6.07, 6.45) is 5.93. The summed E-state index contributed by atoms with van der Waals surface area (Å²) in [5.74, 6) is 1.95. The van der Waals surface area contributed by atoms with Crippen LogP contribution >= 0.6 is 11.6 Å². The molecular weight excluding hydrogens is 260 g/mol. The van der Waals surface area contributed by atoms with Gasteiger partial charge in [-0.1, -0.05) is 31.4 Å². The third-order valence-electron chi connectivity index (χ3n) is 3.96. The smallest absolute Gasteiger partial charge is 0.120 e. The van der Waals surface area contributed by atoms with Crippen molar-refractivity contribution in [1.29, 1.82) is 0 Å². The second kappa shape index (κ2) is 5.68. The van der Waals surface area contributed by atoms with E-state index < -0.39 is 0 Å². The van der Waals surface area contributed by atoms with Crippen molar-refractivity contribution in [1.82, 2.24) is 0 Å². The number of halogens is 1. The molecule has 1 aliphatic rings. The molecule has 2 rings (SSSR count). The maximum absolute atomic E-state index is 10.7. The Labute approximate surface area is 118 Å². The Balaban J connectivity index is 2.24. The third-order valence-corrected chi connectivity index (χ3v) is 4.29. The summed E-state index contributed by atoms with van der Waals surface area (Å²) in [6, 6.07) is 5.58. The highest BCUT2D eigenvalue weighted by Crippen LogP contribution is 2.39. The molecule has 0 aromatic heterocycles. The molecule has 0 amide bonds. The number of benzene rings is 1. The van der Waals surface area contributed by atoms with Crippen LogP contribution in [0.2, 0.25) is 5.02 Å². The Hall–Kier alpha value is -1.44. The zero-order chi connectivity index (χ0) is 13.9. The lowest BCUT2D eigenvalue weighted by molar-refractivity contribution is 0.257. The Kier molecular flexibility index (Phi) is 4.18. The normalized spacial score (nSPS) is 26.5. The predicted molar refractivity (Wildman–Crippen MR) is 80.1 cm³/mol. The number of rotatable bonds is 3. The first-order valence-corrected chi connectivity index (χ1v) is 6.96. The average molecular weight is 279 g/mol. The van der Waals surface area contributed by atoms with E-state index in [1.54, 1.807) is 18.2 Å². The molecule has 1 saturated carbocycles. The zero-order valence-corrected chi connectivity index (χ0v) is 11.8. The second-order valence-corrected chi connectivity index (χ2v) is 5.86. The predicted octanol–water partition coefficient (Wildman–Crippen LogP) is 3.67. The molecule has 2 atom stereocenters. The van der Waals surface area contributed by atoms with Gasteiger partial charge in [0.1, 0.15) is 5.94 Å². The van der Waals surface area contributed by atoms with Gasteiger partial charge in [-0.15, -0.1) is 0 Å². The largest absolute Gasteiger partial charge is 0.399 e. The fourth-order valence-corrected chi connectivity index (χ4v) is 2.92. The molecular formula is C15H19ClN2O. The first kappa shape index (κ1) is 14.0. The van der Waals surface area contributed by atoms with Crippen LogP contribution < -0.4 is 11.1 Å². The van der Waals surface area contributed by atoms with E-state index in [2.05, 4.69) is 12.2 Å². The zero-order valence-electron chi connectivity index (χ0n) is 11.1. The summed E-state index contributed by atoms with van der Waals surface area (Å²) < 4.78 is 0. The number of hydrogen-bond acceptors (Lipinski definition) is 3. The summed E-state index contributed by atoms with van der Waals surface area (Å²) in [4.78, 5) is 10.7. The van der Waals surface area contributed by atoms with Gasteiger partial charge in [0.25, 0.3) is 0 Å². The molecule has 19 heavy (non-hydrogen) atoms. The molecule has 1 aliphatic carbocycles. The van der Waals surface area contributed by atoms with Gasteiger partial charge < -0.3 is 11.1 Å². The van der Waals surface area contributed by atoms with Gasteiger partial charge in [0.2, 0.25) is 0 Å². The van der Waals surface area contributed by atoms with E-state index in [0.29, 0.717) is 10.7 Å². The van der Waals surface area contributed by atoms with Gasteiger partial charge in [-0.3, -0.25) is 0 Å². The van der Waals surface area contributed by atoms with Crippen molar-refractivity contribution in [2.75, 3.05) is 11.1 Å². The molecule has 4 heteroatoms. The SMILES string of the molecule is CC1(C=C=O)CCCCC1Nc1cc(N)ccc1Cl. The molecule has 1 aromatic carbocycles. The Morgan fingerprint density at radius 2 is 2.32 bits per heavy atom. The Morgan fingerprint density at radius 3 is 3.05 bits per heavy atom. The lowest BCUT2D eigenvalue weighted by atomic mass is 9.71. The van der Waals surface area contributed by atoms with Gasteiger partial charge in [-0.05, 0) is 31.0 Å². The minimum atomic E-state index is -0.173. The molecule has 102 valence electrons. The number of nitrogen functional groups attached to an aromatic ring is 1. The molecule has 3 N–H and O–H groups in total. The minimum absolute atomic E-state index is 0.173. The van der Waals surface area contributed by atoms with E-state index in [-0.39, 0.29) is 11.5 Å². The summed E-state index contributed by atoms with van der Waals surface area (Å²) in [6.45, 7) is 2.09. The maximum Gasteiger partial charge on any atom is 0.120 e. The van der Waals surface area contributed by atoms with Gasteiger partial charge in [-0.25, -0.2) is 4.79 Å². The van der Waals surface area contributed by atoms with Crippen molar-refractivity contribution in [3.8, 4) is 0 Å². The highest BCUT2D eigenvalue weighted by molar-refractivity contribution is 6.33. The highest BCUT2D eigenvalue weighted by atomic mass is 35.5. The number of carbonyl (C=O) groups excluding carboxylic acids is 1. The van der Waals surface area contributed by atoms with Crippen LogP contribution in [0.25, 0.3) is 0 Å². The van der Waals surface area contributed by atoms with Crippen LogP contribution in [-0.2, 0) is 4.79 Å². The molecule has 0 bridgehead atoms. The van der Waals surface area contributed by atoms with E-state index >= 15 is 0 Å². The third kappa shape index (κ3) is 3.12. The molecule has 1 aromatic rings. The van der Waals surface area contributed by atoms with Crippen LogP contribution in [0.4, 0.5) is 11.4 Å². The van der Waals surface area contributed by atoms with Gasteiger partial charge in [-0.2, -0.15) is 0 Å². The van der Waals surface area contributed by atoms with Gasteiger partial charge in [0, 0.05) is 23.2 Å². The van der Waals surface area contributed by atoms with Crippen molar-refractivity contribution >= 4 is 28.9 Å². The van der Waals surface area contributed by atoms with Crippen molar-refractivity contribution in [2.24, 2.45) is 5.41 Å². The maximum atomic E-state index is 10.7. The van der Waals surface area contributed by atoms with E-state index in [4.69, 9.17) is 17.3 Å². The van der Waals surface area contributed by atoms with Crippen LogP contribution in [0.1, 0.15) is 32.6 Å². The molecule has 2 unspecified atom stereocenters. The molecule has 0 radical (unpaired) electrons. The minimum Gasteiger partial charge on any atom is -0.399 e. The Morgan fingerprint density at radius 1 is 1.53 bits per heavy atom. The van der Waals surface area contributed by atoms with Crippen LogP contribution in [0, 0.1) is 5.41 Å². The monoisotopic (exact) mass is 278 g/mol. The standard InChI is InChI=1S/C15H19ClN2O/c1-15(8-9-19)7-3-2-4-14(15)18-13-10-11(17)5-6-12(13)16/h5-6,8,10,14,18H,2-4,7,17H2,1H3. The van der Waals surface area contributed by atoms with Crippen LogP contribution in [0.5, 0.6) is 0 Å². The molecule has 0 aliphatic heterocycles. The van der Waals surface area contributed by atoms with Crippen LogP contribution in [-0.4, -0.2) is 12.0 Å². The van der Waals surface area contributed by atoms with Gasteiger partial charge >= 0.3 is 0 Å². The second-order valence-electron chi connectivity index (χ2n) is 5.45. The van der Waals surface area contributed by atoms with E-state index in [9.17, 15) is 4.79 Å². The van der Waals surface area contributed by atoms with Crippen LogP contribution in [0.15, 0.2) is 24.3 Å². The Bertz CT molecular complexity index is 511. The fraction of sp³-hybridized carbons (Fsp3) is 0.467. The summed E-state index contributed by atoms with van der Waals surface area (Å²) >= 11 is 6.18. The van der Waals surface area contributed by atoms with Crippen molar-refractivity contribution in [2.45, 2.75) is 38.6 Å². The summed E-state index contributed by atoms with van der Waals surface area (Å²) in [5, 5.41) is 4.09. The van der Waals surface area contributed by atoms with E-state index in [0.717, 1.165) is 31.4 Å². The molecule has 0 spiro atoms. The van der Waals surface area contributed by atoms with Crippen molar-refractivity contribution in [3.63, 3.8) is 0 Å². The van der Waals surface area contributed by atoms with Crippen molar-refractivity contribution in [3.05, 3.63) is 29.3 Å². The van der Waals surface area contributed by atoms with E-state index in [1.807, 2.05) is 12.0 Å². The summed E-state index contributed by atoms with van der Waals surface area (Å²) in [7, 11) is 0. The number of nitrogens with two attached hydrogens (primary N) is 1. The lowest BCUT2D eigenvalue weighted by Crippen LogP contribution is -2.40. The molecule has 0 heterocycles. The fourth-order valence-electron chi connectivity index (χ4n) is 2.74. The quantitative estimate of drug-likeness (QED) is 0.655. The first-order chi connectivity index (χ1) is 9.05. The van der Waals surface area contributed by atoms with Gasteiger partial charge in [0.15, 0.2) is 0 Å². The summed E-state index contributed by atoms with van der Waals surface area (Å²) in [5.41, 5.74) is 7.13. The molecule has 0 saturated heterocycles. The topological polar surface area (TPSA) is 55.1 Å².